The van der Waals surface area contributed by atoms with Crippen molar-refractivity contribution in [3.63, 3.8) is 0 Å². The summed E-state index contributed by atoms with van der Waals surface area (Å²) in [6, 6.07) is 3.46. The van der Waals surface area contributed by atoms with Crippen LogP contribution in [-0.4, -0.2) is 25.8 Å². The molecule has 0 amide bonds. The van der Waals surface area contributed by atoms with Gasteiger partial charge in [0.1, 0.15) is 4.21 Å². The van der Waals surface area contributed by atoms with Crippen LogP contribution in [-0.2, 0) is 10.0 Å². The van der Waals surface area contributed by atoms with Gasteiger partial charge in [-0.2, -0.15) is 4.31 Å². The van der Waals surface area contributed by atoms with Gasteiger partial charge in [0, 0.05) is 13.1 Å². The van der Waals surface area contributed by atoms with Crippen LogP contribution in [0.1, 0.15) is 19.8 Å². The largest absolute Gasteiger partial charge is 0.252 e. The first-order chi connectivity index (χ1) is 7.10. The zero-order chi connectivity index (χ0) is 10.9. The van der Waals surface area contributed by atoms with Crippen molar-refractivity contribution in [3.05, 3.63) is 17.5 Å². The van der Waals surface area contributed by atoms with Crippen molar-refractivity contribution in [3.8, 4) is 0 Å². The summed E-state index contributed by atoms with van der Waals surface area (Å²) in [4.78, 5) is 0. The summed E-state index contributed by atoms with van der Waals surface area (Å²) in [6.07, 6.45) is 1.95. The predicted molar refractivity (Wildman–Crippen MR) is 61.5 cm³/mol. The van der Waals surface area contributed by atoms with Crippen LogP contribution in [0.5, 0.6) is 0 Å². The minimum Gasteiger partial charge on any atom is -0.206 e. The zero-order valence-corrected chi connectivity index (χ0v) is 10.4. The quantitative estimate of drug-likeness (QED) is 0.801. The maximum atomic E-state index is 12.1. The van der Waals surface area contributed by atoms with Gasteiger partial charge in [-0.05, 0) is 30.2 Å². The van der Waals surface area contributed by atoms with Gasteiger partial charge >= 0.3 is 0 Å². The molecule has 0 spiro atoms. The number of rotatable bonds is 2. The van der Waals surface area contributed by atoms with E-state index in [-0.39, 0.29) is 0 Å². The lowest BCUT2D eigenvalue weighted by molar-refractivity contribution is 0.288. The third-order valence-electron chi connectivity index (χ3n) is 2.83. The van der Waals surface area contributed by atoms with Gasteiger partial charge in [0.05, 0.1) is 0 Å². The zero-order valence-electron chi connectivity index (χ0n) is 8.72. The Hall–Kier alpha value is -0.390. The number of nitrogens with zero attached hydrogens (tertiary/aromatic N) is 1. The van der Waals surface area contributed by atoms with Gasteiger partial charge in [-0.25, -0.2) is 8.42 Å². The minimum absolute atomic E-state index is 0.469. The molecule has 1 aromatic heterocycles. The second-order valence-electron chi connectivity index (χ2n) is 4.02. The van der Waals surface area contributed by atoms with Crippen molar-refractivity contribution in [2.75, 3.05) is 13.1 Å². The van der Waals surface area contributed by atoms with Crippen LogP contribution in [0, 0.1) is 5.92 Å². The lowest BCUT2D eigenvalue weighted by Gasteiger charge is -2.28. The second kappa shape index (κ2) is 4.23. The molecule has 0 aromatic carbocycles. The standard InChI is InChI=1S/C10H15NO2S2/c1-9-4-6-11(7-5-9)15(12,13)10-3-2-8-14-10/h2-3,8-9H,4-7H2,1H3. The molecule has 2 heterocycles. The highest BCUT2D eigenvalue weighted by Crippen LogP contribution is 2.25. The van der Waals surface area contributed by atoms with Crippen LogP contribution in [0.3, 0.4) is 0 Å². The summed E-state index contributed by atoms with van der Waals surface area (Å²) >= 11 is 1.29. The monoisotopic (exact) mass is 245 g/mol. The van der Waals surface area contributed by atoms with E-state index in [1.54, 1.807) is 21.8 Å². The summed E-state index contributed by atoms with van der Waals surface area (Å²) in [7, 11) is -3.19. The Balaban J connectivity index is 2.17. The van der Waals surface area contributed by atoms with E-state index < -0.39 is 10.0 Å². The number of hydrogen-bond acceptors (Lipinski definition) is 3. The van der Waals surface area contributed by atoms with Crippen molar-refractivity contribution < 1.29 is 8.42 Å². The summed E-state index contributed by atoms with van der Waals surface area (Å²) in [6.45, 7) is 3.51. The molecule has 0 N–H and O–H groups in total. The van der Waals surface area contributed by atoms with Crippen molar-refractivity contribution >= 4 is 21.4 Å². The summed E-state index contributed by atoms with van der Waals surface area (Å²) < 4.78 is 26.3. The molecule has 1 aliphatic rings. The molecular weight excluding hydrogens is 230 g/mol. The molecule has 0 radical (unpaired) electrons. The molecule has 1 aromatic rings. The fraction of sp³-hybridized carbons (Fsp3) is 0.600. The first-order valence-corrected chi connectivity index (χ1v) is 7.46. The van der Waals surface area contributed by atoms with Crippen molar-refractivity contribution in [2.24, 2.45) is 5.92 Å². The molecule has 84 valence electrons. The number of sulfonamides is 1. The number of piperidine rings is 1. The van der Waals surface area contributed by atoms with E-state index in [1.807, 2.05) is 0 Å². The SMILES string of the molecule is CC1CCN(S(=O)(=O)c2cccs2)CC1. The highest BCUT2D eigenvalue weighted by Gasteiger charge is 2.28. The van der Waals surface area contributed by atoms with Gasteiger partial charge < -0.3 is 0 Å². The molecule has 1 saturated heterocycles. The maximum Gasteiger partial charge on any atom is 0.252 e. The Kier molecular flexibility index (Phi) is 3.13. The number of thiophene rings is 1. The summed E-state index contributed by atoms with van der Waals surface area (Å²) in [5.41, 5.74) is 0. The maximum absolute atomic E-state index is 12.1. The predicted octanol–water partition coefficient (Wildman–Crippen LogP) is 2.17. The molecule has 0 aliphatic carbocycles. The topological polar surface area (TPSA) is 37.4 Å². The minimum atomic E-state index is -3.19. The Morgan fingerprint density at radius 3 is 2.60 bits per heavy atom. The van der Waals surface area contributed by atoms with Crippen LogP contribution in [0.25, 0.3) is 0 Å². The van der Waals surface area contributed by atoms with Crippen LogP contribution < -0.4 is 0 Å². The van der Waals surface area contributed by atoms with Crippen LogP contribution in [0.4, 0.5) is 0 Å². The lowest BCUT2D eigenvalue weighted by atomic mass is 10.0. The van der Waals surface area contributed by atoms with E-state index in [2.05, 4.69) is 6.92 Å². The normalized spacial score (nSPS) is 20.6. The highest BCUT2D eigenvalue weighted by molar-refractivity contribution is 7.91. The molecule has 0 unspecified atom stereocenters. The summed E-state index contributed by atoms with van der Waals surface area (Å²) in [5.74, 6) is 0.653. The fourth-order valence-electron chi connectivity index (χ4n) is 1.76. The van der Waals surface area contributed by atoms with E-state index in [9.17, 15) is 8.42 Å². The van der Waals surface area contributed by atoms with Crippen molar-refractivity contribution in [1.29, 1.82) is 0 Å². The Bertz CT molecular complexity index is 403. The van der Waals surface area contributed by atoms with E-state index in [1.165, 1.54) is 11.3 Å². The van der Waals surface area contributed by atoms with Gasteiger partial charge in [-0.1, -0.05) is 13.0 Å². The van der Waals surface area contributed by atoms with Crippen LogP contribution in [0.2, 0.25) is 0 Å². The average molecular weight is 245 g/mol. The molecule has 0 bridgehead atoms. The van der Waals surface area contributed by atoms with Crippen molar-refractivity contribution in [2.45, 2.75) is 24.0 Å². The molecular formula is C10H15NO2S2. The van der Waals surface area contributed by atoms with Gasteiger partial charge in [0.2, 0.25) is 0 Å². The third-order valence-corrected chi connectivity index (χ3v) is 6.10. The molecule has 1 fully saturated rings. The molecule has 0 saturated carbocycles. The van der Waals surface area contributed by atoms with Gasteiger partial charge in [-0.15, -0.1) is 11.3 Å². The molecule has 5 heteroatoms. The fourth-order valence-corrected chi connectivity index (χ4v) is 4.38. The van der Waals surface area contributed by atoms with Crippen molar-refractivity contribution in [1.82, 2.24) is 4.31 Å². The smallest absolute Gasteiger partial charge is 0.206 e. The van der Waals surface area contributed by atoms with Gasteiger partial charge in [0.25, 0.3) is 10.0 Å². The van der Waals surface area contributed by atoms with E-state index in [0.717, 1.165) is 12.8 Å². The van der Waals surface area contributed by atoms with E-state index in [4.69, 9.17) is 0 Å². The first-order valence-electron chi connectivity index (χ1n) is 5.14. The van der Waals surface area contributed by atoms with Gasteiger partial charge in [0.15, 0.2) is 0 Å². The van der Waals surface area contributed by atoms with E-state index in [0.29, 0.717) is 23.2 Å². The lowest BCUT2D eigenvalue weighted by Crippen LogP contribution is -2.37. The Morgan fingerprint density at radius 2 is 2.07 bits per heavy atom. The first kappa shape index (κ1) is 11.1. The highest BCUT2D eigenvalue weighted by atomic mass is 32.2. The summed E-state index contributed by atoms with van der Waals surface area (Å²) in [5, 5.41) is 1.81. The second-order valence-corrected chi connectivity index (χ2v) is 7.13. The number of hydrogen-bond donors (Lipinski definition) is 0. The van der Waals surface area contributed by atoms with Crippen LogP contribution >= 0.6 is 11.3 Å². The Labute approximate surface area is 94.8 Å². The van der Waals surface area contributed by atoms with Gasteiger partial charge in [-0.3, -0.25) is 0 Å². The molecule has 2 rings (SSSR count). The average Bonchev–Trinajstić information content (AvgIpc) is 2.71. The third kappa shape index (κ3) is 2.24. The molecule has 0 atom stereocenters. The molecule has 1 aliphatic heterocycles. The molecule has 3 nitrogen and oxygen atoms in total. The molecule has 15 heavy (non-hydrogen) atoms. The Morgan fingerprint density at radius 1 is 1.40 bits per heavy atom. The van der Waals surface area contributed by atoms with E-state index >= 15 is 0 Å². The van der Waals surface area contributed by atoms with Crippen LogP contribution in [0.15, 0.2) is 21.7 Å².